The van der Waals surface area contributed by atoms with Crippen molar-refractivity contribution in [1.29, 1.82) is 0 Å². The second-order valence-corrected chi connectivity index (χ2v) is 10.7. The van der Waals surface area contributed by atoms with Crippen LogP contribution in [0.5, 0.6) is 0 Å². The van der Waals surface area contributed by atoms with E-state index in [2.05, 4.69) is 23.5 Å². The number of nitrogens with one attached hydrogen (secondary N) is 1. The van der Waals surface area contributed by atoms with Crippen LogP contribution in [0.3, 0.4) is 0 Å². The van der Waals surface area contributed by atoms with Crippen molar-refractivity contribution < 1.29 is 18.3 Å². The number of hydrogen-bond acceptors (Lipinski definition) is 5. The van der Waals surface area contributed by atoms with Crippen LogP contribution >= 0.6 is 11.8 Å². The predicted molar refractivity (Wildman–Crippen MR) is 130 cm³/mol. The first-order valence-corrected chi connectivity index (χ1v) is 13.7. The van der Waals surface area contributed by atoms with Gasteiger partial charge in [-0.25, -0.2) is 13.2 Å². The summed E-state index contributed by atoms with van der Waals surface area (Å²) in [6.45, 7) is 7.25. The lowest BCUT2D eigenvalue weighted by atomic mass is 9.87. The summed E-state index contributed by atoms with van der Waals surface area (Å²) in [6.07, 6.45) is 4.38. The zero-order valence-electron chi connectivity index (χ0n) is 18.8. The fraction of sp³-hybridized carbons (Fsp3) is 0.458. The van der Waals surface area contributed by atoms with Crippen LogP contribution in [0, 0.1) is 0 Å². The number of carboxylic acids is 1. The van der Waals surface area contributed by atoms with Crippen LogP contribution in [0.1, 0.15) is 54.6 Å². The molecule has 8 heteroatoms. The molecule has 1 aliphatic rings. The minimum Gasteiger partial charge on any atom is -0.478 e. The molecule has 0 atom stereocenters. The predicted octanol–water partition coefficient (Wildman–Crippen LogP) is 4.89. The lowest BCUT2D eigenvalue weighted by Crippen LogP contribution is -2.24. The van der Waals surface area contributed by atoms with Crippen molar-refractivity contribution in [2.45, 2.75) is 55.7 Å². The van der Waals surface area contributed by atoms with E-state index in [0.717, 1.165) is 62.2 Å². The van der Waals surface area contributed by atoms with Crippen molar-refractivity contribution in [3.8, 4) is 0 Å². The molecule has 174 valence electrons. The molecule has 2 aromatic carbocycles. The fourth-order valence-electron chi connectivity index (χ4n) is 4.16. The minimum atomic E-state index is -3.93. The smallest absolute Gasteiger partial charge is 0.338 e. The number of anilines is 1. The van der Waals surface area contributed by atoms with Crippen LogP contribution < -0.4 is 4.72 Å². The van der Waals surface area contributed by atoms with E-state index in [-0.39, 0.29) is 16.1 Å². The molecule has 2 aromatic rings. The molecule has 3 rings (SSSR count). The van der Waals surface area contributed by atoms with Gasteiger partial charge >= 0.3 is 5.97 Å². The largest absolute Gasteiger partial charge is 0.478 e. The Labute approximate surface area is 195 Å². The summed E-state index contributed by atoms with van der Waals surface area (Å²) in [7, 11) is -3.93. The Hall–Kier alpha value is -2.03. The van der Waals surface area contributed by atoms with E-state index in [1.807, 2.05) is 18.2 Å². The normalized spacial score (nSPS) is 13.7. The van der Waals surface area contributed by atoms with Crippen LogP contribution in [0.4, 0.5) is 5.69 Å². The first kappa shape index (κ1) is 24.6. The van der Waals surface area contributed by atoms with E-state index in [0.29, 0.717) is 11.3 Å². The average Bonchev–Trinajstić information content (AvgIpc) is 2.78. The van der Waals surface area contributed by atoms with Crippen molar-refractivity contribution in [2.75, 3.05) is 30.1 Å². The number of benzene rings is 2. The molecule has 0 radical (unpaired) electrons. The molecule has 2 N–H and O–H groups in total. The maximum absolute atomic E-state index is 13.3. The standard InChI is InChI=1S/C24H32N2O4S2/c1-3-26(4-2)16-9-17-31-21-12-7-8-13-22(21)32(29,30)25-20-15-14-18-10-5-6-11-19(18)23(20)24(27)28/h7-8,12-15,25H,3-6,9-11,16-17H2,1-2H3,(H,27,28). The summed E-state index contributed by atoms with van der Waals surface area (Å²) in [5.74, 6) is -0.289. The van der Waals surface area contributed by atoms with Gasteiger partial charge < -0.3 is 10.0 Å². The first-order chi connectivity index (χ1) is 15.4. The number of hydrogen-bond donors (Lipinski definition) is 2. The van der Waals surface area contributed by atoms with Crippen molar-refractivity contribution in [2.24, 2.45) is 0 Å². The molecule has 1 aliphatic carbocycles. The second-order valence-electron chi connectivity index (χ2n) is 7.92. The first-order valence-electron chi connectivity index (χ1n) is 11.2. The molecule has 0 bridgehead atoms. The Balaban J connectivity index is 1.82. The third kappa shape index (κ3) is 5.85. The molecule has 0 aliphatic heterocycles. The molecule has 6 nitrogen and oxygen atoms in total. The number of thioether (sulfide) groups is 1. The summed E-state index contributed by atoms with van der Waals surface area (Å²) in [6, 6.07) is 10.3. The molecular weight excluding hydrogens is 444 g/mol. The molecule has 0 amide bonds. The van der Waals surface area contributed by atoms with Crippen molar-refractivity contribution in [3.63, 3.8) is 0 Å². The molecule has 0 unspecified atom stereocenters. The van der Waals surface area contributed by atoms with E-state index in [1.165, 1.54) is 11.8 Å². The maximum Gasteiger partial charge on any atom is 0.338 e. The molecule has 0 saturated heterocycles. The van der Waals surface area contributed by atoms with Crippen LogP contribution in [-0.4, -0.2) is 49.8 Å². The quantitative estimate of drug-likeness (QED) is 0.355. The number of carbonyl (C=O) groups is 1. The highest BCUT2D eigenvalue weighted by Crippen LogP contribution is 2.33. The van der Waals surface area contributed by atoms with Gasteiger partial charge in [0, 0.05) is 4.90 Å². The number of rotatable bonds is 11. The number of fused-ring (bicyclic) bond motifs is 1. The van der Waals surface area contributed by atoms with Crippen molar-refractivity contribution >= 4 is 33.4 Å². The van der Waals surface area contributed by atoms with Gasteiger partial charge in [-0.1, -0.05) is 32.0 Å². The van der Waals surface area contributed by atoms with E-state index in [1.54, 1.807) is 18.2 Å². The summed E-state index contributed by atoms with van der Waals surface area (Å²) < 4.78 is 29.1. The molecule has 0 spiro atoms. The SMILES string of the molecule is CCN(CC)CCCSc1ccccc1S(=O)(=O)Nc1ccc2c(c1C(=O)O)CCCC2. The minimum absolute atomic E-state index is 0.0788. The number of carboxylic acid groups (broad SMARTS) is 1. The Morgan fingerprint density at radius 3 is 2.53 bits per heavy atom. The van der Waals surface area contributed by atoms with Crippen LogP contribution in [0.25, 0.3) is 0 Å². The summed E-state index contributed by atoms with van der Waals surface area (Å²) in [4.78, 5) is 15.2. The maximum atomic E-state index is 13.3. The zero-order valence-corrected chi connectivity index (χ0v) is 20.4. The van der Waals surface area contributed by atoms with Gasteiger partial charge in [0.25, 0.3) is 10.0 Å². The van der Waals surface area contributed by atoms with Crippen molar-refractivity contribution in [1.82, 2.24) is 4.90 Å². The molecule has 0 aromatic heterocycles. The number of aromatic carboxylic acids is 1. The highest BCUT2D eigenvalue weighted by molar-refractivity contribution is 8.00. The van der Waals surface area contributed by atoms with E-state index >= 15 is 0 Å². The average molecular weight is 477 g/mol. The van der Waals surface area contributed by atoms with Gasteiger partial charge in [0.2, 0.25) is 0 Å². The second kappa shape index (κ2) is 11.2. The topological polar surface area (TPSA) is 86.7 Å². The summed E-state index contributed by atoms with van der Waals surface area (Å²) in [5, 5.41) is 9.83. The van der Waals surface area contributed by atoms with Gasteiger partial charge in [-0.2, -0.15) is 0 Å². The van der Waals surface area contributed by atoms with Gasteiger partial charge in [-0.15, -0.1) is 11.8 Å². The number of sulfonamides is 1. The van der Waals surface area contributed by atoms with Crippen LogP contribution in [-0.2, 0) is 22.9 Å². The van der Waals surface area contributed by atoms with Crippen molar-refractivity contribution in [3.05, 3.63) is 53.1 Å². The third-order valence-corrected chi connectivity index (χ3v) is 8.61. The fourth-order valence-corrected chi connectivity index (χ4v) is 6.70. The summed E-state index contributed by atoms with van der Waals surface area (Å²) in [5.41, 5.74) is 1.97. The number of nitrogens with zero attached hydrogens (tertiary/aromatic N) is 1. The van der Waals surface area contributed by atoms with E-state index < -0.39 is 16.0 Å². The molecule has 0 saturated carbocycles. The monoisotopic (exact) mass is 476 g/mol. The lowest BCUT2D eigenvalue weighted by molar-refractivity contribution is 0.0696. The lowest BCUT2D eigenvalue weighted by Gasteiger charge is -2.21. The Morgan fingerprint density at radius 1 is 1.09 bits per heavy atom. The van der Waals surface area contributed by atoms with E-state index in [9.17, 15) is 18.3 Å². The highest BCUT2D eigenvalue weighted by atomic mass is 32.2. The van der Waals surface area contributed by atoms with Gasteiger partial charge in [-0.05, 0) is 86.8 Å². The van der Waals surface area contributed by atoms with Gasteiger partial charge in [0.15, 0.2) is 0 Å². The van der Waals surface area contributed by atoms with Gasteiger partial charge in [0.05, 0.1) is 11.3 Å². The highest BCUT2D eigenvalue weighted by Gasteiger charge is 2.25. The molecular formula is C24H32N2O4S2. The van der Waals surface area contributed by atoms with Crippen LogP contribution in [0.2, 0.25) is 0 Å². The van der Waals surface area contributed by atoms with Crippen LogP contribution in [0.15, 0.2) is 46.2 Å². The Morgan fingerprint density at radius 2 is 1.81 bits per heavy atom. The molecule has 0 heterocycles. The zero-order chi connectivity index (χ0) is 23.1. The Kier molecular flexibility index (Phi) is 8.62. The molecule has 32 heavy (non-hydrogen) atoms. The number of aryl methyl sites for hydroxylation is 1. The molecule has 0 fully saturated rings. The van der Waals surface area contributed by atoms with Gasteiger partial charge in [-0.3, -0.25) is 4.72 Å². The van der Waals surface area contributed by atoms with E-state index in [4.69, 9.17) is 0 Å². The summed E-state index contributed by atoms with van der Waals surface area (Å²) >= 11 is 1.52. The third-order valence-electron chi connectivity index (χ3n) is 5.90. The van der Waals surface area contributed by atoms with Gasteiger partial charge in [0.1, 0.15) is 4.90 Å². The Bertz CT molecular complexity index is 1050.